The molecule has 1 unspecified atom stereocenters. The first-order chi connectivity index (χ1) is 17.0. The number of hydrogen-bond acceptors (Lipinski definition) is 6. The predicted molar refractivity (Wildman–Crippen MR) is 134 cm³/mol. The number of nitrogens with one attached hydrogen (secondary N) is 2. The van der Waals surface area contributed by atoms with Crippen LogP contribution in [-0.2, 0) is 10.5 Å². The van der Waals surface area contributed by atoms with Crippen molar-refractivity contribution < 1.29 is 14.3 Å². The summed E-state index contributed by atoms with van der Waals surface area (Å²) in [6.07, 6.45) is 0. The minimum atomic E-state index is -0.578. The number of hydrogen-bond donors (Lipinski definition) is 3. The smallest absolute Gasteiger partial charge is 0.255 e. The fourth-order valence-corrected chi connectivity index (χ4v) is 4.74. The zero-order valence-electron chi connectivity index (χ0n) is 18.8. The number of fused-ring (bicyclic) bond motifs is 1. The fraction of sp³-hybridized carbons (Fsp3) is 0.115. The Morgan fingerprint density at radius 3 is 2.54 bits per heavy atom. The molecule has 4 aromatic rings. The van der Waals surface area contributed by atoms with E-state index in [1.807, 2.05) is 37.3 Å². The van der Waals surface area contributed by atoms with Crippen molar-refractivity contribution in [3.05, 3.63) is 107 Å². The van der Waals surface area contributed by atoms with Gasteiger partial charge in [0.05, 0.1) is 5.57 Å². The second-order valence-corrected chi connectivity index (χ2v) is 8.96. The van der Waals surface area contributed by atoms with E-state index in [4.69, 9.17) is 0 Å². The van der Waals surface area contributed by atoms with Gasteiger partial charge in [-0.1, -0.05) is 60.3 Å². The van der Waals surface area contributed by atoms with E-state index in [1.165, 1.54) is 17.8 Å². The van der Waals surface area contributed by atoms with Crippen LogP contribution >= 0.6 is 11.8 Å². The minimum Gasteiger partial charge on any atom is -0.508 e. The number of nitrogens with zero attached hydrogens (tertiary/aromatic N) is 3. The number of rotatable bonds is 6. The highest BCUT2D eigenvalue weighted by molar-refractivity contribution is 7.98. The lowest BCUT2D eigenvalue weighted by Crippen LogP contribution is -2.31. The number of allylic oxidation sites excluding steroid dienone is 1. The number of aromatic nitrogens is 3. The van der Waals surface area contributed by atoms with Crippen molar-refractivity contribution in [2.75, 3.05) is 10.6 Å². The van der Waals surface area contributed by atoms with Crippen LogP contribution in [0.25, 0.3) is 0 Å². The van der Waals surface area contributed by atoms with Crippen molar-refractivity contribution >= 4 is 29.3 Å². The van der Waals surface area contributed by atoms with E-state index in [9.17, 15) is 14.3 Å². The molecule has 0 saturated heterocycles. The Hall–Kier alpha value is -4.11. The van der Waals surface area contributed by atoms with Gasteiger partial charge in [0.1, 0.15) is 17.6 Å². The molecule has 9 heteroatoms. The van der Waals surface area contributed by atoms with Gasteiger partial charge in [-0.3, -0.25) is 4.79 Å². The minimum absolute atomic E-state index is 0.124. The third kappa shape index (κ3) is 4.76. The Labute approximate surface area is 205 Å². The highest BCUT2D eigenvalue weighted by atomic mass is 32.2. The summed E-state index contributed by atoms with van der Waals surface area (Å²) in [5.41, 5.74) is 3.11. The van der Waals surface area contributed by atoms with Crippen LogP contribution < -0.4 is 10.6 Å². The maximum atomic E-state index is 14.1. The second kappa shape index (κ2) is 9.63. The molecule has 1 atom stereocenters. The maximum absolute atomic E-state index is 14.1. The van der Waals surface area contributed by atoms with Crippen molar-refractivity contribution in [1.29, 1.82) is 0 Å². The molecule has 1 aliphatic heterocycles. The molecular weight excluding hydrogens is 465 g/mol. The highest BCUT2D eigenvalue weighted by Gasteiger charge is 2.34. The van der Waals surface area contributed by atoms with Gasteiger partial charge in [-0.15, -0.1) is 5.10 Å². The molecule has 3 aromatic carbocycles. The molecule has 0 bridgehead atoms. The van der Waals surface area contributed by atoms with Crippen LogP contribution in [0.2, 0.25) is 0 Å². The Kier molecular flexibility index (Phi) is 6.24. The lowest BCUT2D eigenvalue weighted by atomic mass is 9.95. The van der Waals surface area contributed by atoms with Gasteiger partial charge in [0.15, 0.2) is 0 Å². The molecule has 5 rings (SSSR count). The monoisotopic (exact) mass is 487 g/mol. The van der Waals surface area contributed by atoms with Crippen LogP contribution in [0, 0.1) is 5.82 Å². The molecule has 0 fully saturated rings. The molecule has 0 aliphatic carbocycles. The summed E-state index contributed by atoms with van der Waals surface area (Å²) in [6.45, 7) is 1.82. The van der Waals surface area contributed by atoms with Crippen LogP contribution in [0.3, 0.4) is 0 Å². The van der Waals surface area contributed by atoms with Gasteiger partial charge in [0.2, 0.25) is 11.1 Å². The van der Waals surface area contributed by atoms with Crippen LogP contribution in [0.5, 0.6) is 5.75 Å². The van der Waals surface area contributed by atoms with Crippen molar-refractivity contribution in [3.8, 4) is 5.75 Å². The number of thioether (sulfide) groups is 1. The largest absolute Gasteiger partial charge is 0.508 e. The van der Waals surface area contributed by atoms with Gasteiger partial charge < -0.3 is 15.7 Å². The molecule has 3 N–H and O–H groups in total. The molecule has 1 amide bonds. The summed E-state index contributed by atoms with van der Waals surface area (Å²) in [5.74, 6) is 0.419. The quantitative estimate of drug-likeness (QED) is 0.318. The number of phenols is 1. The maximum Gasteiger partial charge on any atom is 0.255 e. The first-order valence-electron chi connectivity index (χ1n) is 11.0. The fourth-order valence-electron chi connectivity index (χ4n) is 3.93. The van der Waals surface area contributed by atoms with E-state index in [1.54, 1.807) is 47.1 Å². The van der Waals surface area contributed by atoms with Crippen LogP contribution in [0.1, 0.15) is 24.1 Å². The van der Waals surface area contributed by atoms with Gasteiger partial charge in [-0.05, 0) is 48.4 Å². The summed E-state index contributed by atoms with van der Waals surface area (Å²) in [6, 6.07) is 21.9. The van der Waals surface area contributed by atoms with E-state index in [0.29, 0.717) is 39.4 Å². The molecule has 0 radical (unpaired) electrons. The second-order valence-electron chi connectivity index (χ2n) is 8.02. The van der Waals surface area contributed by atoms with Gasteiger partial charge in [0.25, 0.3) is 5.91 Å². The molecule has 35 heavy (non-hydrogen) atoms. The number of anilines is 2. The molecule has 1 aromatic heterocycles. The number of carbonyl (C=O) groups excluding carboxylic acids is 1. The standard InChI is InChI=1S/C26H22FN5O2S/c1-16-22(24(34)29-19-8-3-2-4-9-19)23(17-11-13-20(33)14-12-17)32-25(28-16)30-26(31-32)35-15-18-7-5-6-10-21(18)27/h2-14,23,33H,15H2,1H3,(H,29,34)(H,28,30,31). The summed E-state index contributed by atoms with van der Waals surface area (Å²) in [5, 5.41) is 21.1. The van der Waals surface area contributed by atoms with E-state index in [2.05, 4.69) is 20.7 Å². The zero-order valence-corrected chi connectivity index (χ0v) is 19.6. The molecular formula is C26H22FN5O2S. The van der Waals surface area contributed by atoms with Crippen molar-refractivity contribution in [1.82, 2.24) is 14.8 Å². The lowest BCUT2D eigenvalue weighted by molar-refractivity contribution is -0.113. The molecule has 2 heterocycles. The number of halogens is 1. The van der Waals surface area contributed by atoms with Crippen LogP contribution in [0.15, 0.2) is 95.3 Å². The highest BCUT2D eigenvalue weighted by Crippen LogP contribution is 2.37. The van der Waals surface area contributed by atoms with Crippen LogP contribution in [-0.4, -0.2) is 25.8 Å². The topological polar surface area (TPSA) is 92.1 Å². The van der Waals surface area contributed by atoms with Gasteiger partial charge in [-0.25, -0.2) is 9.07 Å². The molecule has 1 aliphatic rings. The summed E-state index contributed by atoms with van der Waals surface area (Å²) in [4.78, 5) is 18.0. The van der Waals surface area contributed by atoms with Crippen molar-refractivity contribution in [3.63, 3.8) is 0 Å². The summed E-state index contributed by atoms with van der Waals surface area (Å²) >= 11 is 1.31. The van der Waals surface area contributed by atoms with E-state index >= 15 is 0 Å². The van der Waals surface area contributed by atoms with Gasteiger partial charge in [0, 0.05) is 17.1 Å². The molecule has 7 nitrogen and oxygen atoms in total. The molecule has 0 saturated carbocycles. The van der Waals surface area contributed by atoms with E-state index in [0.717, 1.165) is 5.56 Å². The first-order valence-corrected chi connectivity index (χ1v) is 11.9. The SMILES string of the molecule is CC1=C(C(=O)Nc2ccccc2)C(c2ccc(O)cc2)n2nc(SCc3ccccc3F)nc2N1. The van der Waals surface area contributed by atoms with Gasteiger partial charge in [-0.2, -0.15) is 4.98 Å². The van der Waals surface area contributed by atoms with E-state index < -0.39 is 6.04 Å². The average Bonchev–Trinajstić information content (AvgIpc) is 3.26. The Bertz CT molecular complexity index is 1400. The average molecular weight is 488 g/mol. The Balaban J connectivity index is 1.49. The predicted octanol–water partition coefficient (Wildman–Crippen LogP) is 5.34. The van der Waals surface area contributed by atoms with E-state index in [-0.39, 0.29) is 17.5 Å². The van der Waals surface area contributed by atoms with Gasteiger partial charge >= 0.3 is 0 Å². The number of carbonyl (C=O) groups is 1. The molecule has 176 valence electrons. The number of para-hydroxylation sites is 1. The lowest BCUT2D eigenvalue weighted by Gasteiger charge is -2.28. The number of aromatic hydroxyl groups is 1. The third-order valence-electron chi connectivity index (χ3n) is 5.63. The zero-order chi connectivity index (χ0) is 24.4. The number of phenolic OH excluding ortho intramolecular Hbond substituents is 1. The molecule has 0 spiro atoms. The Morgan fingerprint density at radius 2 is 1.80 bits per heavy atom. The Morgan fingerprint density at radius 1 is 1.09 bits per heavy atom. The first kappa shape index (κ1) is 22.7. The summed E-state index contributed by atoms with van der Waals surface area (Å²) in [7, 11) is 0. The number of amides is 1. The number of benzene rings is 3. The van der Waals surface area contributed by atoms with Crippen LogP contribution in [0.4, 0.5) is 16.0 Å². The third-order valence-corrected chi connectivity index (χ3v) is 6.52. The van der Waals surface area contributed by atoms with Crippen molar-refractivity contribution in [2.45, 2.75) is 23.9 Å². The summed E-state index contributed by atoms with van der Waals surface area (Å²) < 4.78 is 15.7. The normalized spacial score (nSPS) is 14.9. The van der Waals surface area contributed by atoms with Crippen molar-refractivity contribution in [2.24, 2.45) is 0 Å².